The molecule has 2 aromatic rings. The van der Waals surface area contributed by atoms with E-state index in [2.05, 4.69) is 15.5 Å². The maximum absolute atomic E-state index is 6.03. The maximum atomic E-state index is 6.03. The Labute approximate surface area is 154 Å². The van der Waals surface area contributed by atoms with Gasteiger partial charge in [-0.25, -0.2) is 4.98 Å². The van der Waals surface area contributed by atoms with E-state index in [9.17, 15) is 0 Å². The van der Waals surface area contributed by atoms with Gasteiger partial charge in [-0.3, -0.25) is 5.43 Å². The van der Waals surface area contributed by atoms with Crippen LogP contribution in [-0.2, 0) is 0 Å². The van der Waals surface area contributed by atoms with Crippen LogP contribution >= 0.6 is 34.8 Å². The van der Waals surface area contributed by atoms with E-state index in [-0.39, 0.29) is 16.0 Å². The number of hydrogen-bond donors (Lipinski definition) is 1. The van der Waals surface area contributed by atoms with Crippen molar-refractivity contribution in [1.82, 2.24) is 4.98 Å². The highest BCUT2D eigenvalue weighted by atomic mass is 35.5. The summed E-state index contributed by atoms with van der Waals surface area (Å²) in [5.74, 6) is 1.94. The van der Waals surface area contributed by atoms with Crippen molar-refractivity contribution in [3.05, 3.63) is 39.0 Å². The van der Waals surface area contributed by atoms with Crippen LogP contribution < -0.4 is 19.6 Å². The molecule has 1 aromatic heterocycles. The van der Waals surface area contributed by atoms with Crippen LogP contribution in [0.3, 0.4) is 0 Å². The number of anilines is 1. The van der Waals surface area contributed by atoms with Crippen molar-refractivity contribution in [1.29, 1.82) is 0 Å². The van der Waals surface area contributed by atoms with Gasteiger partial charge in [0.15, 0.2) is 17.3 Å². The van der Waals surface area contributed by atoms with Crippen molar-refractivity contribution in [2.75, 3.05) is 26.8 Å². The first-order valence-electron chi connectivity index (χ1n) is 6.60. The molecule has 0 fully saturated rings. The van der Waals surface area contributed by atoms with Crippen LogP contribution in [0.4, 0.5) is 5.82 Å². The molecule has 2 rings (SSSR count). The lowest BCUT2D eigenvalue weighted by atomic mass is 10.2. The van der Waals surface area contributed by atoms with Gasteiger partial charge < -0.3 is 14.2 Å². The largest absolute Gasteiger partial charge is 0.496 e. The molecule has 0 spiro atoms. The van der Waals surface area contributed by atoms with Gasteiger partial charge in [0.1, 0.15) is 10.9 Å². The fourth-order valence-corrected chi connectivity index (χ4v) is 2.38. The summed E-state index contributed by atoms with van der Waals surface area (Å²) >= 11 is 17.7. The van der Waals surface area contributed by atoms with Crippen LogP contribution in [0.1, 0.15) is 5.56 Å². The molecule has 0 bridgehead atoms. The quantitative estimate of drug-likeness (QED) is 0.446. The fraction of sp³-hybridized carbons (Fsp3) is 0.200. The standard InChI is InChI=1S/C15H14Cl3N3O3/c1-22-11-6-13(24-3)12(23-2)4-8(11)7-19-21-15-10(17)5-9(16)14(18)20-15/h4-7H,1-3H3,(H,20,21). The van der Waals surface area contributed by atoms with E-state index in [0.717, 1.165) is 0 Å². The first kappa shape index (κ1) is 18.4. The Hall–Kier alpha value is -1.89. The van der Waals surface area contributed by atoms with Crippen LogP contribution in [0.25, 0.3) is 0 Å². The van der Waals surface area contributed by atoms with Gasteiger partial charge in [-0.15, -0.1) is 0 Å². The summed E-state index contributed by atoms with van der Waals surface area (Å²) in [7, 11) is 4.64. The number of pyridine rings is 1. The van der Waals surface area contributed by atoms with Gasteiger partial charge >= 0.3 is 0 Å². The molecule has 6 nitrogen and oxygen atoms in total. The number of rotatable bonds is 6. The molecular weight excluding hydrogens is 377 g/mol. The first-order valence-corrected chi connectivity index (χ1v) is 7.74. The second-order valence-electron chi connectivity index (χ2n) is 4.41. The average Bonchev–Trinajstić information content (AvgIpc) is 2.58. The summed E-state index contributed by atoms with van der Waals surface area (Å²) in [5.41, 5.74) is 3.37. The van der Waals surface area contributed by atoms with Crippen LogP contribution in [0.2, 0.25) is 15.2 Å². The summed E-state index contributed by atoms with van der Waals surface area (Å²) in [4.78, 5) is 4.01. The number of methoxy groups -OCH3 is 3. The third-order valence-electron chi connectivity index (χ3n) is 3.00. The van der Waals surface area contributed by atoms with Gasteiger partial charge in [0, 0.05) is 11.6 Å². The summed E-state index contributed by atoms with van der Waals surface area (Å²) in [6, 6.07) is 4.91. The summed E-state index contributed by atoms with van der Waals surface area (Å²) < 4.78 is 15.8. The normalized spacial score (nSPS) is 10.8. The lowest BCUT2D eigenvalue weighted by molar-refractivity contribution is 0.349. The van der Waals surface area contributed by atoms with Gasteiger partial charge in [-0.1, -0.05) is 34.8 Å². The smallest absolute Gasteiger partial charge is 0.166 e. The number of nitrogens with zero attached hydrogens (tertiary/aromatic N) is 2. The van der Waals surface area contributed by atoms with Crippen molar-refractivity contribution < 1.29 is 14.2 Å². The van der Waals surface area contributed by atoms with Crippen molar-refractivity contribution in [2.45, 2.75) is 0 Å². The van der Waals surface area contributed by atoms with E-state index in [1.807, 2.05) is 0 Å². The molecule has 0 unspecified atom stereocenters. The number of hydrogen-bond acceptors (Lipinski definition) is 6. The minimum Gasteiger partial charge on any atom is -0.496 e. The minimum atomic E-state index is 0.127. The predicted octanol–water partition coefficient (Wildman–Crippen LogP) is 4.51. The molecule has 0 saturated heterocycles. The Kier molecular flexibility index (Phi) is 6.36. The third-order valence-corrected chi connectivity index (χ3v) is 3.96. The molecule has 0 radical (unpaired) electrons. The van der Waals surface area contributed by atoms with Crippen molar-refractivity contribution in [2.24, 2.45) is 5.10 Å². The Morgan fingerprint density at radius 3 is 2.17 bits per heavy atom. The first-order chi connectivity index (χ1) is 11.5. The number of nitrogens with one attached hydrogen (secondary N) is 1. The van der Waals surface area contributed by atoms with Crippen LogP contribution in [-0.4, -0.2) is 32.5 Å². The molecule has 9 heteroatoms. The lowest BCUT2D eigenvalue weighted by Crippen LogP contribution is -1.99. The van der Waals surface area contributed by atoms with Crippen LogP contribution in [0.15, 0.2) is 23.3 Å². The Morgan fingerprint density at radius 2 is 1.54 bits per heavy atom. The zero-order valence-corrected chi connectivity index (χ0v) is 15.3. The molecule has 24 heavy (non-hydrogen) atoms. The maximum Gasteiger partial charge on any atom is 0.166 e. The van der Waals surface area contributed by atoms with Crippen LogP contribution in [0.5, 0.6) is 17.2 Å². The van der Waals surface area contributed by atoms with Gasteiger partial charge in [0.05, 0.1) is 37.6 Å². The number of halogens is 3. The highest BCUT2D eigenvalue weighted by Gasteiger charge is 2.11. The van der Waals surface area contributed by atoms with Gasteiger partial charge in [0.2, 0.25) is 0 Å². The Balaban J connectivity index is 2.27. The molecule has 0 atom stereocenters. The Bertz CT molecular complexity index is 769. The third kappa shape index (κ3) is 4.14. The zero-order chi connectivity index (χ0) is 17.7. The number of ether oxygens (including phenoxy) is 3. The van der Waals surface area contributed by atoms with Crippen molar-refractivity contribution >= 4 is 46.8 Å². The fourth-order valence-electron chi connectivity index (χ4n) is 1.84. The van der Waals surface area contributed by atoms with Gasteiger partial charge in [-0.05, 0) is 12.1 Å². The molecule has 0 aliphatic heterocycles. The van der Waals surface area contributed by atoms with Crippen molar-refractivity contribution in [3.8, 4) is 17.2 Å². The van der Waals surface area contributed by atoms with E-state index >= 15 is 0 Å². The second kappa shape index (κ2) is 8.28. The van der Waals surface area contributed by atoms with E-state index in [1.165, 1.54) is 12.3 Å². The monoisotopic (exact) mass is 389 g/mol. The molecule has 0 aliphatic rings. The molecular formula is C15H14Cl3N3O3. The van der Waals surface area contributed by atoms with Crippen LogP contribution in [0, 0.1) is 0 Å². The Morgan fingerprint density at radius 1 is 0.917 bits per heavy atom. The predicted molar refractivity (Wildman–Crippen MR) is 96.6 cm³/mol. The molecule has 0 aliphatic carbocycles. The molecule has 0 saturated carbocycles. The van der Waals surface area contributed by atoms with E-state index < -0.39 is 0 Å². The number of hydrazone groups is 1. The van der Waals surface area contributed by atoms with E-state index in [0.29, 0.717) is 27.8 Å². The molecule has 1 heterocycles. The molecule has 0 amide bonds. The average molecular weight is 391 g/mol. The summed E-state index contributed by atoms with van der Waals surface area (Å²) in [5, 5.41) is 4.76. The van der Waals surface area contributed by atoms with Gasteiger partial charge in [0.25, 0.3) is 0 Å². The zero-order valence-electron chi connectivity index (χ0n) is 13.1. The topological polar surface area (TPSA) is 65.0 Å². The van der Waals surface area contributed by atoms with Crippen molar-refractivity contribution in [3.63, 3.8) is 0 Å². The highest BCUT2D eigenvalue weighted by Crippen LogP contribution is 2.34. The van der Waals surface area contributed by atoms with Gasteiger partial charge in [-0.2, -0.15) is 5.10 Å². The number of aromatic nitrogens is 1. The second-order valence-corrected chi connectivity index (χ2v) is 5.58. The minimum absolute atomic E-state index is 0.127. The SMILES string of the molecule is COc1cc(OC)c(OC)cc1C=NNc1nc(Cl)c(Cl)cc1Cl. The highest BCUT2D eigenvalue weighted by molar-refractivity contribution is 6.42. The molecule has 1 aromatic carbocycles. The van der Waals surface area contributed by atoms with E-state index in [1.54, 1.807) is 33.5 Å². The van der Waals surface area contributed by atoms with E-state index in [4.69, 9.17) is 49.0 Å². The lowest BCUT2D eigenvalue weighted by Gasteiger charge is -2.11. The summed E-state index contributed by atoms with van der Waals surface area (Å²) in [6.45, 7) is 0. The molecule has 128 valence electrons. The molecule has 1 N–H and O–H groups in total. The number of benzene rings is 1. The summed E-state index contributed by atoms with van der Waals surface area (Å²) in [6.07, 6.45) is 1.53.